The van der Waals surface area contributed by atoms with Crippen molar-refractivity contribution in [2.24, 2.45) is 0 Å². The summed E-state index contributed by atoms with van der Waals surface area (Å²) in [5, 5.41) is 7.61. The zero-order chi connectivity index (χ0) is 17.9. The van der Waals surface area contributed by atoms with Gasteiger partial charge in [-0.15, -0.1) is 0 Å². The molecule has 2 saturated heterocycles. The molecule has 1 atom stereocenters. The normalized spacial score (nSPS) is 20.9. The van der Waals surface area contributed by atoms with Gasteiger partial charge in [-0.05, 0) is 25.0 Å². The molecule has 1 N–H and O–H groups in total. The van der Waals surface area contributed by atoms with Gasteiger partial charge in [0.05, 0.1) is 18.6 Å². The summed E-state index contributed by atoms with van der Waals surface area (Å²) < 4.78 is 10.9. The van der Waals surface area contributed by atoms with Gasteiger partial charge in [0.25, 0.3) is 0 Å². The standard InChI is InChI=1S/C18H21ClN4O3/c19-14-4-1-3-12(7-14)17-21-18(26-22-17)13-9-23(10-13)11-16(24)20-8-15-5-2-6-25-15/h1,3-4,7,13,15H,2,5-6,8-11H2,(H,20,24). The molecule has 0 radical (unpaired) electrons. The molecule has 4 rings (SSSR count). The fraction of sp³-hybridized carbons (Fsp3) is 0.500. The number of ether oxygens (including phenoxy) is 1. The minimum absolute atomic E-state index is 0.0316. The predicted molar refractivity (Wildman–Crippen MR) is 95.9 cm³/mol. The van der Waals surface area contributed by atoms with E-state index in [1.54, 1.807) is 6.07 Å². The topological polar surface area (TPSA) is 80.5 Å². The molecule has 2 aliphatic rings. The van der Waals surface area contributed by atoms with Crippen molar-refractivity contribution in [3.05, 3.63) is 35.2 Å². The van der Waals surface area contributed by atoms with E-state index in [0.29, 0.717) is 29.8 Å². The minimum Gasteiger partial charge on any atom is -0.376 e. The summed E-state index contributed by atoms with van der Waals surface area (Å²) in [5.41, 5.74) is 0.831. The van der Waals surface area contributed by atoms with E-state index in [-0.39, 0.29) is 17.9 Å². The molecule has 138 valence electrons. The first-order chi connectivity index (χ1) is 12.7. The van der Waals surface area contributed by atoms with Crippen molar-refractivity contribution >= 4 is 17.5 Å². The second kappa shape index (κ2) is 7.73. The average molecular weight is 377 g/mol. The summed E-state index contributed by atoms with van der Waals surface area (Å²) in [6.07, 6.45) is 2.28. The van der Waals surface area contributed by atoms with Gasteiger partial charge in [-0.2, -0.15) is 4.98 Å². The highest BCUT2D eigenvalue weighted by molar-refractivity contribution is 6.30. The first kappa shape index (κ1) is 17.5. The van der Waals surface area contributed by atoms with Gasteiger partial charge >= 0.3 is 0 Å². The number of rotatable bonds is 6. The molecule has 1 unspecified atom stereocenters. The molecule has 0 aliphatic carbocycles. The van der Waals surface area contributed by atoms with Crippen LogP contribution >= 0.6 is 11.6 Å². The van der Waals surface area contributed by atoms with Crippen LogP contribution in [0.2, 0.25) is 5.02 Å². The molecular formula is C18H21ClN4O3. The fourth-order valence-electron chi connectivity index (χ4n) is 3.29. The smallest absolute Gasteiger partial charge is 0.234 e. The molecule has 2 aliphatic heterocycles. The molecule has 7 nitrogen and oxygen atoms in total. The van der Waals surface area contributed by atoms with Gasteiger partial charge in [-0.3, -0.25) is 9.69 Å². The van der Waals surface area contributed by atoms with Crippen LogP contribution in [0.15, 0.2) is 28.8 Å². The molecule has 0 saturated carbocycles. The number of nitrogens with one attached hydrogen (secondary N) is 1. The lowest BCUT2D eigenvalue weighted by Crippen LogP contribution is -2.50. The summed E-state index contributed by atoms with van der Waals surface area (Å²) in [6.45, 7) is 3.27. The van der Waals surface area contributed by atoms with Crippen molar-refractivity contribution in [2.75, 3.05) is 32.8 Å². The van der Waals surface area contributed by atoms with Crippen molar-refractivity contribution in [1.29, 1.82) is 0 Å². The number of hydrogen-bond acceptors (Lipinski definition) is 6. The van der Waals surface area contributed by atoms with E-state index in [1.807, 2.05) is 18.2 Å². The van der Waals surface area contributed by atoms with Crippen molar-refractivity contribution in [1.82, 2.24) is 20.4 Å². The third-order valence-corrected chi connectivity index (χ3v) is 4.98. The number of benzene rings is 1. The molecule has 1 aromatic carbocycles. The highest BCUT2D eigenvalue weighted by atomic mass is 35.5. The molecule has 26 heavy (non-hydrogen) atoms. The number of nitrogens with zero attached hydrogens (tertiary/aromatic N) is 3. The van der Waals surface area contributed by atoms with E-state index in [4.69, 9.17) is 20.9 Å². The zero-order valence-electron chi connectivity index (χ0n) is 14.4. The SMILES string of the molecule is O=C(CN1CC(c2nc(-c3cccc(Cl)c3)no2)C1)NCC1CCCO1. The van der Waals surface area contributed by atoms with Crippen molar-refractivity contribution < 1.29 is 14.1 Å². The van der Waals surface area contributed by atoms with Crippen LogP contribution in [0.1, 0.15) is 24.7 Å². The van der Waals surface area contributed by atoms with Gasteiger partial charge in [-0.1, -0.05) is 28.9 Å². The van der Waals surface area contributed by atoms with Gasteiger partial charge in [0.15, 0.2) is 0 Å². The number of hydrogen-bond donors (Lipinski definition) is 1. The van der Waals surface area contributed by atoms with Gasteiger partial charge in [0.1, 0.15) is 0 Å². The third kappa shape index (κ3) is 4.06. The number of aromatic nitrogens is 2. The van der Waals surface area contributed by atoms with Crippen molar-refractivity contribution in [3.8, 4) is 11.4 Å². The largest absolute Gasteiger partial charge is 0.376 e. The second-order valence-corrected chi connectivity index (χ2v) is 7.23. The molecule has 1 amide bonds. The number of halogens is 1. The van der Waals surface area contributed by atoms with E-state index < -0.39 is 0 Å². The minimum atomic E-state index is 0.0316. The molecule has 8 heteroatoms. The molecule has 0 bridgehead atoms. The summed E-state index contributed by atoms with van der Waals surface area (Å²) in [4.78, 5) is 18.5. The van der Waals surface area contributed by atoms with E-state index in [9.17, 15) is 4.79 Å². The highest BCUT2D eigenvalue weighted by Gasteiger charge is 2.33. The van der Waals surface area contributed by atoms with E-state index >= 15 is 0 Å². The molecule has 0 spiro atoms. The summed E-state index contributed by atoms with van der Waals surface area (Å²) in [6, 6.07) is 7.36. The van der Waals surface area contributed by atoms with Crippen LogP contribution in [-0.2, 0) is 9.53 Å². The number of carbonyl (C=O) groups is 1. The maximum absolute atomic E-state index is 12.0. The molecular weight excluding hydrogens is 356 g/mol. The Balaban J connectivity index is 1.24. The van der Waals surface area contributed by atoms with E-state index in [0.717, 1.165) is 38.1 Å². The third-order valence-electron chi connectivity index (χ3n) is 4.75. The van der Waals surface area contributed by atoms with Crippen LogP contribution in [0.3, 0.4) is 0 Å². The number of carbonyl (C=O) groups excluding carboxylic acids is 1. The highest BCUT2D eigenvalue weighted by Crippen LogP contribution is 2.28. The second-order valence-electron chi connectivity index (χ2n) is 6.80. The lowest BCUT2D eigenvalue weighted by atomic mass is 10.0. The van der Waals surface area contributed by atoms with Crippen LogP contribution in [-0.4, -0.2) is 59.8 Å². The maximum Gasteiger partial charge on any atom is 0.234 e. The van der Waals surface area contributed by atoms with Crippen LogP contribution in [0, 0.1) is 0 Å². The van der Waals surface area contributed by atoms with Crippen LogP contribution in [0.25, 0.3) is 11.4 Å². The molecule has 2 fully saturated rings. The fourth-order valence-corrected chi connectivity index (χ4v) is 3.48. The Morgan fingerprint density at radius 3 is 3.04 bits per heavy atom. The van der Waals surface area contributed by atoms with Crippen molar-refractivity contribution in [2.45, 2.75) is 24.9 Å². The van der Waals surface area contributed by atoms with Gasteiger partial charge in [-0.25, -0.2) is 0 Å². The predicted octanol–water partition coefficient (Wildman–Crippen LogP) is 2.08. The monoisotopic (exact) mass is 376 g/mol. The Morgan fingerprint density at radius 2 is 2.27 bits per heavy atom. The Morgan fingerprint density at radius 1 is 1.38 bits per heavy atom. The molecule has 2 aromatic rings. The molecule has 1 aromatic heterocycles. The van der Waals surface area contributed by atoms with Gasteiger partial charge in [0.2, 0.25) is 17.6 Å². The van der Waals surface area contributed by atoms with E-state index in [2.05, 4.69) is 20.4 Å². The zero-order valence-corrected chi connectivity index (χ0v) is 15.1. The van der Waals surface area contributed by atoms with Crippen LogP contribution in [0.5, 0.6) is 0 Å². The average Bonchev–Trinajstić information content (AvgIpc) is 3.27. The quantitative estimate of drug-likeness (QED) is 0.831. The Hall–Kier alpha value is -1.96. The Kier molecular flexibility index (Phi) is 5.19. The van der Waals surface area contributed by atoms with Crippen LogP contribution < -0.4 is 5.32 Å². The summed E-state index contributed by atoms with van der Waals surface area (Å²) >= 11 is 6.00. The first-order valence-corrected chi connectivity index (χ1v) is 9.25. The lowest BCUT2D eigenvalue weighted by molar-refractivity contribution is -0.123. The van der Waals surface area contributed by atoms with Crippen LogP contribution in [0.4, 0.5) is 0 Å². The Labute approximate surface area is 156 Å². The maximum atomic E-state index is 12.0. The summed E-state index contributed by atoms with van der Waals surface area (Å²) in [5.74, 6) is 1.34. The first-order valence-electron chi connectivity index (χ1n) is 8.87. The Bertz CT molecular complexity index is 769. The lowest BCUT2D eigenvalue weighted by Gasteiger charge is -2.36. The number of likely N-dealkylation sites (tertiary alicyclic amines) is 1. The van der Waals surface area contributed by atoms with Gasteiger partial charge in [0, 0.05) is 36.8 Å². The van der Waals surface area contributed by atoms with Crippen molar-refractivity contribution in [3.63, 3.8) is 0 Å². The van der Waals surface area contributed by atoms with E-state index in [1.165, 1.54) is 0 Å². The summed E-state index contributed by atoms with van der Waals surface area (Å²) in [7, 11) is 0. The molecule has 3 heterocycles. The van der Waals surface area contributed by atoms with Gasteiger partial charge < -0.3 is 14.6 Å². The number of amides is 1.